The highest BCUT2D eigenvalue weighted by molar-refractivity contribution is 5.93. The van der Waals surface area contributed by atoms with Crippen LogP contribution in [0.15, 0.2) is 18.2 Å². The second-order valence-corrected chi connectivity index (χ2v) is 4.30. The first-order valence-electron chi connectivity index (χ1n) is 5.53. The fraction of sp³-hybridized carbons (Fsp3) is 0.364. The smallest absolute Gasteiger partial charge is 0.342 e. The van der Waals surface area contributed by atoms with Crippen molar-refractivity contribution in [2.75, 3.05) is 18.0 Å². The zero-order valence-electron chi connectivity index (χ0n) is 9.76. The van der Waals surface area contributed by atoms with E-state index in [0.29, 0.717) is 5.69 Å². The number of nitro groups is 1. The van der Waals surface area contributed by atoms with Gasteiger partial charge in [0.25, 0.3) is 5.69 Å². The van der Waals surface area contributed by atoms with Gasteiger partial charge in [-0.15, -0.1) is 0 Å². The summed E-state index contributed by atoms with van der Waals surface area (Å²) in [5, 5.41) is 38.5. The van der Waals surface area contributed by atoms with Crippen LogP contribution in [-0.4, -0.2) is 51.5 Å². The first-order valence-corrected chi connectivity index (χ1v) is 5.53. The third kappa shape index (κ3) is 2.49. The van der Waals surface area contributed by atoms with Crippen molar-refractivity contribution >= 4 is 17.3 Å². The Bertz CT molecular complexity index is 522. The average molecular weight is 268 g/mol. The zero-order valence-corrected chi connectivity index (χ0v) is 9.76. The lowest BCUT2D eigenvalue weighted by Crippen LogP contribution is -2.22. The van der Waals surface area contributed by atoms with Crippen molar-refractivity contribution in [1.82, 2.24) is 0 Å². The van der Waals surface area contributed by atoms with Crippen LogP contribution >= 0.6 is 0 Å². The Kier molecular flexibility index (Phi) is 3.36. The SMILES string of the molecule is O=C(O)c1cc(N2CC(O)C(O)C2)ccc1[N+](=O)[O-]. The van der Waals surface area contributed by atoms with Gasteiger partial charge in [0.05, 0.1) is 17.1 Å². The van der Waals surface area contributed by atoms with Crippen LogP contribution in [0.25, 0.3) is 0 Å². The molecule has 2 atom stereocenters. The Morgan fingerprint density at radius 3 is 2.37 bits per heavy atom. The molecular weight excluding hydrogens is 256 g/mol. The highest BCUT2D eigenvalue weighted by Gasteiger charge is 2.31. The van der Waals surface area contributed by atoms with Gasteiger partial charge in [0, 0.05) is 24.8 Å². The van der Waals surface area contributed by atoms with Gasteiger partial charge in [0.15, 0.2) is 0 Å². The molecule has 1 aliphatic rings. The number of aliphatic hydroxyl groups is 2. The van der Waals surface area contributed by atoms with Gasteiger partial charge in [-0.1, -0.05) is 0 Å². The number of rotatable bonds is 3. The molecule has 0 saturated carbocycles. The maximum Gasteiger partial charge on any atom is 0.342 e. The minimum absolute atomic E-state index is 0.151. The number of anilines is 1. The Morgan fingerprint density at radius 2 is 1.89 bits per heavy atom. The monoisotopic (exact) mass is 268 g/mol. The number of hydrogen-bond acceptors (Lipinski definition) is 6. The summed E-state index contributed by atoms with van der Waals surface area (Å²) >= 11 is 0. The van der Waals surface area contributed by atoms with Crippen LogP contribution in [0.2, 0.25) is 0 Å². The van der Waals surface area contributed by atoms with Crippen LogP contribution in [0.3, 0.4) is 0 Å². The van der Waals surface area contributed by atoms with E-state index in [-0.39, 0.29) is 13.1 Å². The fourth-order valence-electron chi connectivity index (χ4n) is 2.03. The molecule has 0 bridgehead atoms. The van der Waals surface area contributed by atoms with E-state index in [4.69, 9.17) is 5.11 Å². The number of nitrogens with zero attached hydrogens (tertiary/aromatic N) is 2. The summed E-state index contributed by atoms with van der Waals surface area (Å²) in [6.45, 7) is 0.302. The van der Waals surface area contributed by atoms with Crippen molar-refractivity contribution < 1.29 is 25.0 Å². The lowest BCUT2D eigenvalue weighted by atomic mass is 10.1. The van der Waals surface area contributed by atoms with Crippen LogP contribution in [0, 0.1) is 10.1 Å². The molecule has 0 amide bonds. The highest BCUT2D eigenvalue weighted by Crippen LogP contribution is 2.27. The Balaban J connectivity index is 2.36. The van der Waals surface area contributed by atoms with Gasteiger partial charge in [-0.05, 0) is 12.1 Å². The molecule has 1 heterocycles. The molecule has 2 unspecified atom stereocenters. The Morgan fingerprint density at radius 1 is 1.32 bits per heavy atom. The van der Waals surface area contributed by atoms with Gasteiger partial charge in [-0.2, -0.15) is 0 Å². The van der Waals surface area contributed by atoms with Gasteiger partial charge in [-0.25, -0.2) is 4.79 Å². The summed E-state index contributed by atoms with van der Waals surface area (Å²) < 4.78 is 0. The molecule has 1 aliphatic heterocycles. The molecule has 19 heavy (non-hydrogen) atoms. The van der Waals surface area contributed by atoms with E-state index in [0.717, 1.165) is 6.07 Å². The molecule has 102 valence electrons. The number of nitro benzene ring substituents is 1. The number of carbonyl (C=O) groups is 1. The van der Waals surface area contributed by atoms with Gasteiger partial charge in [0.2, 0.25) is 0 Å². The number of β-amino-alcohol motifs (C(OH)–C–C–N with tert-alkyl or cyclic N) is 2. The number of carboxylic acids is 1. The standard InChI is InChI=1S/C11H12N2O6/c14-9-4-12(5-10(9)15)6-1-2-8(13(18)19)7(3-6)11(16)17/h1-3,9-10,14-15H,4-5H2,(H,16,17). The molecule has 1 aromatic rings. The number of aliphatic hydroxyl groups excluding tert-OH is 2. The largest absolute Gasteiger partial charge is 0.477 e. The van der Waals surface area contributed by atoms with Crippen LogP contribution < -0.4 is 4.90 Å². The molecule has 0 aliphatic carbocycles. The molecule has 2 rings (SSSR count). The maximum atomic E-state index is 11.0. The van der Waals surface area contributed by atoms with Gasteiger partial charge in [0.1, 0.15) is 5.56 Å². The van der Waals surface area contributed by atoms with Crippen molar-refractivity contribution in [3.05, 3.63) is 33.9 Å². The molecule has 3 N–H and O–H groups in total. The summed E-state index contributed by atoms with van der Waals surface area (Å²) in [5.74, 6) is -1.39. The first-order chi connectivity index (χ1) is 8.90. The third-order valence-corrected chi connectivity index (χ3v) is 3.03. The number of carboxylic acid groups (broad SMARTS) is 1. The maximum absolute atomic E-state index is 11.0. The predicted molar refractivity (Wildman–Crippen MR) is 64.3 cm³/mol. The van der Waals surface area contributed by atoms with Gasteiger partial charge < -0.3 is 20.2 Å². The zero-order chi connectivity index (χ0) is 14.2. The van der Waals surface area contributed by atoms with Crippen LogP contribution in [0.1, 0.15) is 10.4 Å². The summed E-state index contributed by atoms with van der Waals surface area (Å²) in [5.41, 5.74) is -0.492. The molecule has 0 aromatic heterocycles. The Labute approximate surface area is 107 Å². The molecular formula is C11H12N2O6. The second kappa shape index (κ2) is 4.82. The third-order valence-electron chi connectivity index (χ3n) is 3.03. The molecule has 8 heteroatoms. The number of hydrogen-bond donors (Lipinski definition) is 3. The number of benzene rings is 1. The summed E-state index contributed by atoms with van der Waals surface area (Å²) in [4.78, 5) is 22.5. The molecule has 0 spiro atoms. The van der Waals surface area contributed by atoms with Gasteiger partial charge in [-0.3, -0.25) is 10.1 Å². The topological polar surface area (TPSA) is 124 Å². The molecule has 1 saturated heterocycles. The predicted octanol–water partition coefficient (Wildman–Crippen LogP) is -0.165. The van der Waals surface area contributed by atoms with E-state index in [1.165, 1.54) is 12.1 Å². The minimum atomic E-state index is -1.39. The first kappa shape index (κ1) is 13.2. The average Bonchev–Trinajstić information content (AvgIpc) is 2.68. The van der Waals surface area contributed by atoms with Crippen molar-refractivity contribution in [3.8, 4) is 0 Å². The molecule has 8 nitrogen and oxygen atoms in total. The van der Waals surface area contributed by atoms with Gasteiger partial charge >= 0.3 is 5.97 Å². The summed E-state index contributed by atoms with van der Waals surface area (Å²) in [7, 11) is 0. The van der Waals surface area contributed by atoms with Crippen LogP contribution in [0.5, 0.6) is 0 Å². The van der Waals surface area contributed by atoms with E-state index >= 15 is 0 Å². The minimum Gasteiger partial charge on any atom is -0.477 e. The lowest BCUT2D eigenvalue weighted by Gasteiger charge is -2.17. The molecule has 1 aromatic carbocycles. The molecule has 0 radical (unpaired) electrons. The summed E-state index contributed by atoms with van der Waals surface area (Å²) in [6, 6.07) is 3.68. The lowest BCUT2D eigenvalue weighted by molar-refractivity contribution is -0.385. The van der Waals surface area contributed by atoms with Crippen molar-refractivity contribution in [1.29, 1.82) is 0 Å². The highest BCUT2D eigenvalue weighted by atomic mass is 16.6. The Hall–Kier alpha value is -2.19. The van der Waals surface area contributed by atoms with Crippen LogP contribution in [-0.2, 0) is 0 Å². The van der Waals surface area contributed by atoms with Crippen LogP contribution in [0.4, 0.5) is 11.4 Å². The fourth-order valence-corrected chi connectivity index (χ4v) is 2.03. The van der Waals surface area contributed by atoms with Crippen molar-refractivity contribution in [2.24, 2.45) is 0 Å². The quantitative estimate of drug-likeness (QED) is 0.513. The van der Waals surface area contributed by atoms with E-state index in [1.807, 2.05) is 0 Å². The summed E-state index contributed by atoms with van der Waals surface area (Å²) in [6.07, 6.45) is -1.83. The normalized spacial score (nSPS) is 22.5. The van der Waals surface area contributed by atoms with Crippen molar-refractivity contribution in [3.63, 3.8) is 0 Å². The second-order valence-electron chi connectivity index (χ2n) is 4.30. The van der Waals surface area contributed by atoms with E-state index in [1.54, 1.807) is 4.90 Å². The van der Waals surface area contributed by atoms with E-state index in [9.17, 15) is 25.1 Å². The number of aromatic carboxylic acids is 1. The van der Waals surface area contributed by atoms with Crippen molar-refractivity contribution in [2.45, 2.75) is 12.2 Å². The molecule has 1 fully saturated rings. The van der Waals surface area contributed by atoms with E-state index in [2.05, 4.69) is 0 Å². The van der Waals surface area contributed by atoms with E-state index < -0.39 is 34.4 Å².